The average molecular weight is 665 g/mol. The third-order valence-electron chi connectivity index (χ3n) is 10.4. The number of morpholine rings is 1. The lowest BCUT2D eigenvalue weighted by Gasteiger charge is -2.40. The molecule has 2 amide bonds. The van der Waals surface area contributed by atoms with Crippen LogP contribution in [-0.4, -0.2) is 80.5 Å². The number of carbonyl (C=O) groups is 2. The van der Waals surface area contributed by atoms with Crippen LogP contribution in [0, 0.1) is 12.3 Å². The number of methoxy groups -OCH3 is 1. The van der Waals surface area contributed by atoms with Gasteiger partial charge in [0.15, 0.2) is 0 Å². The fraction of sp³-hybridized carbons (Fsp3) is 0.556. The lowest BCUT2D eigenvalue weighted by Crippen LogP contribution is -2.54. The highest BCUT2D eigenvalue weighted by Gasteiger charge is 2.45. The monoisotopic (exact) mass is 664 g/mol. The molecule has 3 heterocycles. The Morgan fingerprint density at radius 3 is 2.30 bits per heavy atom. The number of rotatable bonds is 9. The Morgan fingerprint density at radius 2 is 1.68 bits per heavy atom. The fourth-order valence-electron chi connectivity index (χ4n) is 7.85. The summed E-state index contributed by atoms with van der Waals surface area (Å²) in [6.45, 7) is 7.63. The highest BCUT2D eigenvalue weighted by Crippen LogP contribution is 2.46. The maximum Gasteiger partial charge on any atom is 0.303 e. The Bertz CT molecular complexity index is 1770. The van der Waals surface area contributed by atoms with Crippen molar-refractivity contribution in [1.29, 1.82) is 0 Å². The van der Waals surface area contributed by atoms with Crippen LogP contribution in [0.15, 0.2) is 36.4 Å². The van der Waals surface area contributed by atoms with Crippen molar-refractivity contribution in [3.05, 3.63) is 53.1 Å². The molecule has 6 rings (SSSR count). The summed E-state index contributed by atoms with van der Waals surface area (Å²) in [5.74, 6) is 0.493. The topological polar surface area (TPSA) is 110 Å². The highest BCUT2D eigenvalue weighted by atomic mass is 32.2. The zero-order valence-corrected chi connectivity index (χ0v) is 29.3. The molecule has 47 heavy (non-hydrogen) atoms. The van der Waals surface area contributed by atoms with E-state index < -0.39 is 21.5 Å². The van der Waals surface area contributed by atoms with Crippen molar-refractivity contribution >= 4 is 32.9 Å². The van der Waals surface area contributed by atoms with Crippen molar-refractivity contribution in [1.82, 2.24) is 18.5 Å². The Hall–Kier alpha value is -3.41. The number of ether oxygens (including phenoxy) is 2. The van der Waals surface area contributed by atoms with Crippen molar-refractivity contribution in [2.24, 2.45) is 5.41 Å². The predicted molar refractivity (Wildman–Crippen MR) is 183 cm³/mol. The van der Waals surface area contributed by atoms with E-state index in [2.05, 4.69) is 27.2 Å². The second kappa shape index (κ2) is 12.9. The Morgan fingerprint density at radius 1 is 1.00 bits per heavy atom. The summed E-state index contributed by atoms with van der Waals surface area (Å²) >= 11 is 0. The van der Waals surface area contributed by atoms with Gasteiger partial charge in [-0.15, -0.1) is 0 Å². The van der Waals surface area contributed by atoms with Crippen LogP contribution in [0.1, 0.15) is 86.2 Å². The number of carbonyl (C=O) groups excluding carboxylic acids is 2. The first-order valence-corrected chi connectivity index (χ1v) is 18.2. The molecule has 10 nitrogen and oxygen atoms in total. The molecule has 2 aromatic carbocycles. The Labute approximate surface area is 278 Å². The van der Waals surface area contributed by atoms with Gasteiger partial charge in [0.2, 0.25) is 5.91 Å². The normalized spacial score (nSPS) is 20.6. The second-order valence-corrected chi connectivity index (χ2v) is 16.2. The minimum atomic E-state index is -3.99. The Balaban J connectivity index is 1.55. The molecule has 3 aliphatic rings. The molecule has 2 aliphatic heterocycles. The highest BCUT2D eigenvalue weighted by molar-refractivity contribution is 7.87. The van der Waals surface area contributed by atoms with Gasteiger partial charge in [0, 0.05) is 42.7 Å². The van der Waals surface area contributed by atoms with Gasteiger partial charge >= 0.3 is 10.2 Å². The number of fused-ring (bicyclic) bond motifs is 3. The zero-order valence-electron chi connectivity index (χ0n) is 28.5. The van der Waals surface area contributed by atoms with Crippen LogP contribution in [0.2, 0.25) is 0 Å². The molecule has 0 spiro atoms. The molecule has 1 N–H and O–H groups in total. The smallest absolute Gasteiger partial charge is 0.303 e. The summed E-state index contributed by atoms with van der Waals surface area (Å²) in [6, 6.07) is 11.8. The molecule has 11 heteroatoms. The van der Waals surface area contributed by atoms with Gasteiger partial charge in [-0.05, 0) is 93.8 Å². The predicted octanol–water partition coefficient (Wildman–Crippen LogP) is 5.63. The van der Waals surface area contributed by atoms with Crippen molar-refractivity contribution in [2.45, 2.75) is 90.3 Å². The van der Waals surface area contributed by atoms with Crippen LogP contribution in [0.4, 0.5) is 0 Å². The van der Waals surface area contributed by atoms with Crippen LogP contribution < -0.4 is 9.46 Å². The molecule has 1 saturated carbocycles. The zero-order chi connectivity index (χ0) is 33.7. The number of nitrogens with zero attached hydrogens (tertiary/aromatic N) is 3. The average Bonchev–Trinajstić information content (AvgIpc) is 3.48. The SMILES string of the molecule is COc1ccc(-c2c(C3CCCCC3)c3ccc(C(=O)NS(=O)(=O)N(C)C)cc3n2CC(C)(C)C(=O)N2C3CCC2COC3)c(C)c1. The van der Waals surface area contributed by atoms with E-state index in [9.17, 15) is 18.0 Å². The molecule has 3 fully saturated rings. The van der Waals surface area contributed by atoms with E-state index in [0.29, 0.717) is 25.7 Å². The van der Waals surface area contributed by atoms with E-state index in [1.807, 2.05) is 32.0 Å². The summed E-state index contributed by atoms with van der Waals surface area (Å²) in [5.41, 5.74) is 4.67. The van der Waals surface area contributed by atoms with Crippen molar-refractivity contribution in [3.8, 4) is 17.0 Å². The molecule has 3 aromatic rings. The molecular weight excluding hydrogens is 616 g/mol. The molecular formula is C36H48N4O6S. The second-order valence-electron chi connectivity index (χ2n) is 14.3. The molecule has 254 valence electrons. The van der Waals surface area contributed by atoms with E-state index in [0.717, 1.165) is 76.3 Å². The van der Waals surface area contributed by atoms with Crippen LogP contribution in [0.25, 0.3) is 22.2 Å². The number of hydrogen-bond donors (Lipinski definition) is 1. The third-order valence-corrected chi connectivity index (χ3v) is 11.8. The molecule has 2 unspecified atom stereocenters. The molecule has 0 radical (unpaired) electrons. The maximum absolute atomic E-state index is 14.4. The summed E-state index contributed by atoms with van der Waals surface area (Å²) in [7, 11) is 0.432. The first-order valence-electron chi connectivity index (χ1n) is 16.8. The summed E-state index contributed by atoms with van der Waals surface area (Å²) in [5, 5.41) is 1.03. The van der Waals surface area contributed by atoms with Crippen molar-refractivity contribution in [2.75, 3.05) is 34.4 Å². The first-order chi connectivity index (χ1) is 22.3. The van der Waals surface area contributed by atoms with Crippen LogP contribution in [0.5, 0.6) is 5.75 Å². The van der Waals surface area contributed by atoms with Gasteiger partial charge in [0.05, 0.1) is 43.5 Å². The number of hydrogen-bond acceptors (Lipinski definition) is 6. The lowest BCUT2D eigenvalue weighted by molar-refractivity contribution is -0.151. The van der Waals surface area contributed by atoms with Gasteiger partial charge in [0.25, 0.3) is 5.91 Å². The van der Waals surface area contributed by atoms with Gasteiger partial charge < -0.3 is 18.9 Å². The van der Waals surface area contributed by atoms with E-state index >= 15 is 0 Å². The van der Waals surface area contributed by atoms with Gasteiger partial charge in [-0.2, -0.15) is 12.7 Å². The van der Waals surface area contributed by atoms with Crippen LogP contribution in [-0.2, 0) is 26.3 Å². The molecule has 2 bridgehead atoms. The van der Waals surface area contributed by atoms with Crippen LogP contribution >= 0.6 is 0 Å². The number of aromatic nitrogens is 1. The summed E-state index contributed by atoms with van der Waals surface area (Å²) in [6.07, 6.45) is 7.52. The number of nitrogens with one attached hydrogen (secondary N) is 1. The summed E-state index contributed by atoms with van der Waals surface area (Å²) < 4.78 is 41.9. The number of benzene rings is 2. The Kier molecular flexibility index (Phi) is 9.19. The lowest BCUT2D eigenvalue weighted by atomic mass is 9.81. The molecule has 2 saturated heterocycles. The minimum absolute atomic E-state index is 0.0944. The van der Waals surface area contributed by atoms with Gasteiger partial charge in [-0.1, -0.05) is 25.3 Å². The van der Waals surface area contributed by atoms with Crippen LogP contribution in [0.3, 0.4) is 0 Å². The van der Waals surface area contributed by atoms with Gasteiger partial charge in [0.1, 0.15) is 5.75 Å². The standard InChI is InChI=1S/C36H48N4O6S/c1-23-18-28(45-6)15-17-29(23)33-32(24-10-8-7-9-11-24)30-16-12-25(34(41)37-47(43,44)38(4)5)19-31(30)39(33)22-36(2,3)35(42)40-26-13-14-27(40)21-46-20-26/h12,15-19,24,26-27H,7-11,13-14,20-22H2,1-6H3,(H,37,41). The fourth-order valence-corrected chi connectivity index (χ4v) is 8.38. The number of amides is 2. The third kappa shape index (κ3) is 6.29. The quantitative estimate of drug-likeness (QED) is 0.318. The maximum atomic E-state index is 14.4. The van der Waals surface area contributed by atoms with Gasteiger partial charge in [-0.25, -0.2) is 4.72 Å². The van der Waals surface area contributed by atoms with E-state index in [-0.39, 0.29) is 23.6 Å². The molecule has 2 atom stereocenters. The number of aryl methyl sites for hydroxylation is 1. The minimum Gasteiger partial charge on any atom is -0.497 e. The first kappa shape index (κ1) is 33.5. The van der Waals surface area contributed by atoms with E-state index in [4.69, 9.17) is 9.47 Å². The van der Waals surface area contributed by atoms with Crippen molar-refractivity contribution < 1.29 is 27.5 Å². The molecule has 1 aliphatic carbocycles. The van der Waals surface area contributed by atoms with E-state index in [1.165, 1.54) is 26.1 Å². The van der Waals surface area contributed by atoms with Crippen molar-refractivity contribution in [3.63, 3.8) is 0 Å². The molecule has 1 aromatic heterocycles. The van der Waals surface area contributed by atoms with Gasteiger partial charge in [-0.3, -0.25) is 9.59 Å². The summed E-state index contributed by atoms with van der Waals surface area (Å²) in [4.78, 5) is 29.9. The van der Waals surface area contributed by atoms with E-state index in [1.54, 1.807) is 19.2 Å². The largest absolute Gasteiger partial charge is 0.497 e.